The van der Waals surface area contributed by atoms with Crippen LogP contribution in [0.15, 0.2) is 71.3 Å². The van der Waals surface area contributed by atoms with E-state index in [9.17, 15) is 9.59 Å². The number of aryl methyl sites for hydroxylation is 1. The summed E-state index contributed by atoms with van der Waals surface area (Å²) in [6, 6.07) is 19.0. The molecule has 5 nitrogen and oxygen atoms in total. The van der Waals surface area contributed by atoms with Gasteiger partial charge in [-0.25, -0.2) is 0 Å². The summed E-state index contributed by atoms with van der Waals surface area (Å²) in [5.74, 6) is 0.380. The Kier molecular flexibility index (Phi) is 5.94. The molecule has 0 fully saturated rings. The number of rotatable bonds is 6. The second-order valence-electron chi connectivity index (χ2n) is 6.79. The lowest BCUT2D eigenvalue weighted by molar-refractivity contribution is -0.114. The van der Waals surface area contributed by atoms with E-state index in [1.54, 1.807) is 13.0 Å². The highest BCUT2D eigenvalue weighted by Crippen LogP contribution is 2.27. The number of benzene rings is 2. The van der Waals surface area contributed by atoms with Crippen molar-refractivity contribution < 1.29 is 14.0 Å². The summed E-state index contributed by atoms with van der Waals surface area (Å²) in [6.07, 6.45) is 1.53. The highest BCUT2D eigenvalue weighted by molar-refractivity contribution is 5.95. The zero-order valence-corrected chi connectivity index (χ0v) is 16.3. The van der Waals surface area contributed by atoms with E-state index in [-0.39, 0.29) is 17.9 Å². The van der Waals surface area contributed by atoms with Crippen molar-refractivity contribution in [3.63, 3.8) is 0 Å². The fraction of sp³-hybridized carbons (Fsp3) is 0.217. The lowest BCUT2D eigenvalue weighted by Crippen LogP contribution is -2.33. The van der Waals surface area contributed by atoms with Crippen LogP contribution in [-0.2, 0) is 11.3 Å². The fourth-order valence-electron chi connectivity index (χ4n) is 3.19. The lowest BCUT2D eigenvalue weighted by Gasteiger charge is -2.30. The Morgan fingerprint density at radius 2 is 1.82 bits per heavy atom. The third-order valence-electron chi connectivity index (χ3n) is 4.70. The molecule has 0 aliphatic rings. The third-order valence-corrected chi connectivity index (χ3v) is 4.70. The molecule has 1 N–H and O–H groups in total. The number of hydrogen-bond donors (Lipinski definition) is 1. The molecule has 1 atom stereocenters. The predicted octanol–water partition coefficient (Wildman–Crippen LogP) is 4.95. The second kappa shape index (κ2) is 8.57. The maximum atomic E-state index is 13.3. The van der Waals surface area contributed by atoms with Crippen molar-refractivity contribution in [3.8, 4) is 0 Å². The molecule has 1 heterocycles. The summed E-state index contributed by atoms with van der Waals surface area (Å²) in [4.78, 5) is 26.5. The van der Waals surface area contributed by atoms with Gasteiger partial charge in [-0.15, -0.1) is 0 Å². The normalized spacial score (nSPS) is 11.7. The van der Waals surface area contributed by atoms with Crippen LogP contribution in [0.2, 0.25) is 0 Å². The molecule has 0 spiro atoms. The van der Waals surface area contributed by atoms with Crippen LogP contribution < -0.4 is 5.32 Å². The van der Waals surface area contributed by atoms with E-state index in [2.05, 4.69) is 5.32 Å². The summed E-state index contributed by atoms with van der Waals surface area (Å²) < 4.78 is 5.34. The van der Waals surface area contributed by atoms with Gasteiger partial charge < -0.3 is 14.6 Å². The Balaban J connectivity index is 1.94. The van der Waals surface area contributed by atoms with Crippen LogP contribution in [0.1, 0.15) is 47.1 Å². The highest BCUT2D eigenvalue weighted by atomic mass is 16.3. The smallest absolute Gasteiger partial charge is 0.258 e. The second-order valence-corrected chi connectivity index (χ2v) is 6.79. The van der Waals surface area contributed by atoms with E-state index in [0.717, 1.165) is 11.1 Å². The molecule has 0 aliphatic heterocycles. The molecular formula is C23H24N2O3. The van der Waals surface area contributed by atoms with Crippen LogP contribution in [0.3, 0.4) is 0 Å². The van der Waals surface area contributed by atoms with Gasteiger partial charge in [-0.05, 0) is 43.2 Å². The number of anilines is 1. The van der Waals surface area contributed by atoms with Crippen molar-refractivity contribution in [1.82, 2.24) is 4.90 Å². The number of carbonyl (C=O) groups is 2. The van der Waals surface area contributed by atoms with E-state index < -0.39 is 0 Å². The van der Waals surface area contributed by atoms with Gasteiger partial charge in [-0.3, -0.25) is 9.59 Å². The topological polar surface area (TPSA) is 62.6 Å². The van der Waals surface area contributed by atoms with Crippen molar-refractivity contribution in [2.24, 2.45) is 0 Å². The van der Waals surface area contributed by atoms with E-state index in [0.29, 0.717) is 23.6 Å². The van der Waals surface area contributed by atoms with Gasteiger partial charge in [0.25, 0.3) is 5.91 Å². The van der Waals surface area contributed by atoms with Gasteiger partial charge in [0.05, 0.1) is 17.9 Å². The van der Waals surface area contributed by atoms with Crippen LogP contribution in [0.5, 0.6) is 0 Å². The molecule has 0 bridgehead atoms. The SMILES string of the molecule is CC(=O)Nc1cccc(C(C)N(Cc2ccccc2)C(=O)c2ccoc2C)c1. The molecule has 2 amide bonds. The zero-order valence-electron chi connectivity index (χ0n) is 16.3. The van der Waals surface area contributed by atoms with Crippen molar-refractivity contribution >= 4 is 17.5 Å². The number of furan rings is 1. The molecule has 0 radical (unpaired) electrons. The van der Waals surface area contributed by atoms with E-state index in [1.807, 2.05) is 66.4 Å². The van der Waals surface area contributed by atoms with E-state index in [4.69, 9.17) is 4.42 Å². The van der Waals surface area contributed by atoms with Crippen LogP contribution in [0.25, 0.3) is 0 Å². The molecule has 0 saturated heterocycles. The maximum absolute atomic E-state index is 13.3. The predicted molar refractivity (Wildman–Crippen MR) is 109 cm³/mol. The first-order valence-electron chi connectivity index (χ1n) is 9.22. The molecule has 28 heavy (non-hydrogen) atoms. The lowest BCUT2D eigenvalue weighted by atomic mass is 10.0. The van der Waals surface area contributed by atoms with Crippen molar-refractivity contribution in [2.45, 2.75) is 33.4 Å². The Labute approximate surface area is 165 Å². The van der Waals surface area contributed by atoms with Gasteiger partial charge >= 0.3 is 0 Å². The summed E-state index contributed by atoms with van der Waals surface area (Å²) in [6.45, 7) is 5.72. The highest BCUT2D eigenvalue weighted by Gasteiger charge is 2.25. The number of amides is 2. The first-order chi connectivity index (χ1) is 13.5. The minimum atomic E-state index is -0.198. The molecule has 0 aliphatic carbocycles. The number of nitrogens with zero attached hydrogens (tertiary/aromatic N) is 1. The van der Waals surface area contributed by atoms with E-state index in [1.165, 1.54) is 13.2 Å². The van der Waals surface area contributed by atoms with Gasteiger partial charge in [-0.1, -0.05) is 42.5 Å². The largest absolute Gasteiger partial charge is 0.469 e. The molecule has 3 rings (SSSR count). The Hall–Kier alpha value is -3.34. The average Bonchev–Trinajstić information content (AvgIpc) is 3.11. The summed E-state index contributed by atoms with van der Waals surface area (Å²) in [5, 5.41) is 2.80. The van der Waals surface area contributed by atoms with Gasteiger partial charge in [0.2, 0.25) is 5.91 Å². The fourth-order valence-corrected chi connectivity index (χ4v) is 3.19. The number of carbonyl (C=O) groups excluding carboxylic acids is 2. The quantitative estimate of drug-likeness (QED) is 0.662. The third kappa shape index (κ3) is 4.49. The van der Waals surface area contributed by atoms with Gasteiger partial charge in [0.1, 0.15) is 5.76 Å². The van der Waals surface area contributed by atoms with Crippen LogP contribution in [-0.4, -0.2) is 16.7 Å². The zero-order chi connectivity index (χ0) is 20.1. The molecule has 0 saturated carbocycles. The van der Waals surface area contributed by atoms with Gasteiger partial charge in [0, 0.05) is 19.2 Å². The van der Waals surface area contributed by atoms with Crippen LogP contribution in [0.4, 0.5) is 5.69 Å². The van der Waals surface area contributed by atoms with Gasteiger partial charge in [-0.2, -0.15) is 0 Å². The maximum Gasteiger partial charge on any atom is 0.258 e. The van der Waals surface area contributed by atoms with Gasteiger partial charge in [0.15, 0.2) is 0 Å². The minimum absolute atomic E-state index is 0.0902. The molecule has 1 unspecified atom stereocenters. The van der Waals surface area contributed by atoms with E-state index >= 15 is 0 Å². The molecule has 144 valence electrons. The van der Waals surface area contributed by atoms with Crippen molar-refractivity contribution in [2.75, 3.05) is 5.32 Å². The minimum Gasteiger partial charge on any atom is -0.469 e. The summed E-state index contributed by atoms with van der Waals surface area (Å²) in [5.41, 5.74) is 3.25. The number of hydrogen-bond acceptors (Lipinski definition) is 3. The van der Waals surface area contributed by atoms with Crippen molar-refractivity contribution in [1.29, 1.82) is 0 Å². The summed E-state index contributed by atoms with van der Waals surface area (Å²) >= 11 is 0. The molecule has 2 aromatic carbocycles. The van der Waals surface area contributed by atoms with Crippen LogP contribution >= 0.6 is 0 Å². The standard InChI is InChI=1S/C23H24N2O3/c1-16(20-10-7-11-21(14-20)24-18(3)26)25(15-19-8-5-4-6-9-19)23(27)22-12-13-28-17(22)2/h4-14,16H,15H2,1-3H3,(H,24,26). The Bertz CT molecular complexity index is 963. The summed E-state index contributed by atoms with van der Waals surface area (Å²) in [7, 11) is 0. The molecule has 1 aromatic heterocycles. The van der Waals surface area contributed by atoms with Crippen molar-refractivity contribution in [3.05, 3.63) is 89.4 Å². The molecule has 5 heteroatoms. The molecule has 3 aromatic rings. The molecular weight excluding hydrogens is 352 g/mol. The Morgan fingerprint density at radius 1 is 1.07 bits per heavy atom. The first kappa shape index (κ1) is 19.4. The average molecular weight is 376 g/mol. The monoisotopic (exact) mass is 376 g/mol. The number of nitrogens with one attached hydrogen (secondary N) is 1. The Morgan fingerprint density at radius 3 is 2.46 bits per heavy atom. The van der Waals surface area contributed by atoms with Crippen LogP contribution in [0, 0.1) is 6.92 Å². The first-order valence-corrected chi connectivity index (χ1v) is 9.22.